The molecule has 0 unspecified atom stereocenters. The van der Waals surface area contributed by atoms with Crippen molar-refractivity contribution in [3.8, 4) is 0 Å². The van der Waals surface area contributed by atoms with Gasteiger partial charge in [-0.25, -0.2) is 4.99 Å². The van der Waals surface area contributed by atoms with Crippen LogP contribution in [0.1, 0.15) is 11.1 Å². The van der Waals surface area contributed by atoms with Gasteiger partial charge in [-0.15, -0.1) is 0 Å². The lowest BCUT2D eigenvalue weighted by Crippen LogP contribution is -2.24. The summed E-state index contributed by atoms with van der Waals surface area (Å²) in [4.78, 5) is 8.92. The molecule has 0 aliphatic heterocycles. The summed E-state index contributed by atoms with van der Waals surface area (Å²) >= 11 is 6.93. The van der Waals surface area contributed by atoms with Crippen LogP contribution in [0.2, 0.25) is 0 Å². The van der Waals surface area contributed by atoms with E-state index in [9.17, 15) is 0 Å². The average molecular weight is 598 g/mol. The van der Waals surface area contributed by atoms with Crippen LogP contribution >= 0.6 is 24.0 Å². The SMILES string of the molecule is CN(Cc1ccccc1)C(/C=C/Sc1ccccc1)=N/c1ccccc1.S=C(/C=C\c1ccccc1)Nc1ccccc1. The Morgan fingerprint density at radius 1 is 0.698 bits per heavy atom. The Labute approximate surface area is 265 Å². The number of anilines is 1. The van der Waals surface area contributed by atoms with E-state index in [0.29, 0.717) is 4.99 Å². The van der Waals surface area contributed by atoms with Gasteiger partial charge >= 0.3 is 0 Å². The summed E-state index contributed by atoms with van der Waals surface area (Å²) in [6.45, 7) is 0.812. The smallest absolute Gasteiger partial charge is 0.129 e. The summed E-state index contributed by atoms with van der Waals surface area (Å²) in [5.74, 6) is 0.934. The molecule has 1 N–H and O–H groups in total. The zero-order valence-electron chi connectivity index (χ0n) is 24.2. The first kappa shape index (κ1) is 31.2. The minimum Gasteiger partial charge on any atom is -0.355 e. The molecule has 3 nitrogen and oxygen atoms in total. The molecule has 0 radical (unpaired) electrons. The summed E-state index contributed by atoms with van der Waals surface area (Å²) in [5.41, 5.74) is 4.37. The number of rotatable bonds is 9. The second kappa shape index (κ2) is 18.0. The van der Waals surface area contributed by atoms with Crippen molar-refractivity contribution in [3.63, 3.8) is 0 Å². The number of hydrogen-bond acceptors (Lipinski definition) is 3. The van der Waals surface area contributed by atoms with Crippen LogP contribution in [0.4, 0.5) is 11.4 Å². The van der Waals surface area contributed by atoms with E-state index in [1.807, 2.05) is 115 Å². The van der Waals surface area contributed by atoms with Crippen molar-refractivity contribution in [2.75, 3.05) is 12.4 Å². The number of benzene rings is 5. The zero-order valence-corrected chi connectivity index (χ0v) is 25.8. The minimum atomic E-state index is 0.708. The highest BCUT2D eigenvalue weighted by atomic mass is 32.2. The second-order valence-corrected chi connectivity index (χ2v) is 10.9. The highest BCUT2D eigenvalue weighted by molar-refractivity contribution is 8.02. The molecule has 5 aromatic rings. The number of thioether (sulfide) groups is 1. The highest BCUT2D eigenvalue weighted by Crippen LogP contribution is 2.19. The Morgan fingerprint density at radius 2 is 1.23 bits per heavy atom. The quantitative estimate of drug-likeness (QED) is 0.0601. The van der Waals surface area contributed by atoms with Crippen LogP contribution in [0.15, 0.2) is 179 Å². The molecule has 0 spiro atoms. The Kier molecular flexibility index (Phi) is 13.0. The van der Waals surface area contributed by atoms with Gasteiger partial charge in [-0.3, -0.25) is 0 Å². The molecule has 0 saturated carbocycles. The first-order chi connectivity index (χ1) is 21.2. The minimum absolute atomic E-state index is 0.708. The van der Waals surface area contributed by atoms with Crippen LogP contribution in [0.3, 0.4) is 0 Å². The largest absolute Gasteiger partial charge is 0.355 e. The molecule has 5 heteroatoms. The molecule has 0 atom stereocenters. The van der Waals surface area contributed by atoms with Crippen LogP contribution in [0.5, 0.6) is 0 Å². The molecule has 0 aromatic heterocycles. The Balaban J connectivity index is 0.000000215. The van der Waals surface area contributed by atoms with E-state index in [2.05, 4.69) is 77.3 Å². The van der Waals surface area contributed by atoms with Crippen molar-refractivity contribution in [1.29, 1.82) is 0 Å². The van der Waals surface area contributed by atoms with Crippen LogP contribution in [0.25, 0.3) is 6.08 Å². The zero-order chi connectivity index (χ0) is 30.0. The van der Waals surface area contributed by atoms with Gasteiger partial charge in [-0.1, -0.05) is 145 Å². The van der Waals surface area contributed by atoms with Gasteiger partial charge in [0.2, 0.25) is 0 Å². The Morgan fingerprint density at radius 3 is 1.86 bits per heavy atom. The van der Waals surface area contributed by atoms with Crippen molar-refractivity contribution in [2.24, 2.45) is 4.99 Å². The van der Waals surface area contributed by atoms with E-state index in [4.69, 9.17) is 17.2 Å². The lowest BCUT2D eigenvalue weighted by molar-refractivity contribution is 0.503. The number of amidine groups is 1. The lowest BCUT2D eigenvalue weighted by atomic mass is 10.2. The van der Waals surface area contributed by atoms with Crippen molar-refractivity contribution in [2.45, 2.75) is 11.4 Å². The predicted molar refractivity (Wildman–Crippen MR) is 191 cm³/mol. The fraction of sp³-hybridized carbons (Fsp3) is 0.0526. The summed E-state index contributed by atoms with van der Waals surface area (Å²) in [6.07, 6.45) is 5.98. The lowest BCUT2D eigenvalue weighted by Gasteiger charge is -2.19. The molecule has 0 amide bonds. The van der Waals surface area contributed by atoms with E-state index < -0.39 is 0 Å². The molecule has 0 fully saturated rings. The molecule has 43 heavy (non-hydrogen) atoms. The van der Waals surface area contributed by atoms with Gasteiger partial charge in [0, 0.05) is 24.2 Å². The van der Waals surface area contributed by atoms with Gasteiger partial charge in [0.25, 0.3) is 0 Å². The van der Waals surface area contributed by atoms with Gasteiger partial charge in [0.1, 0.15) is 10.8 Å². The third-order valence-corrected chi connectivity index (χ3v) is 7.14. The second-order valence-electron chi connectivity index (χ2n) is 9.48. The third kappa shape index (κ3) is 12.0. The van der Waals surface area contributed by atoms with Crippen LogP contribution in [-0.2, 0) is 6.54 Å². The van der Waals surface area contributed by atoms with Crippen LogP contribution < -0.4 is 5.32 Å². The summed E-state index contributed by atoms with van der Waals surface area (Å²) in [7, 11) is 2.08. The fourth-order valence-corrected chi connectivity index (χ4v) is 4.78. The molecule has 5 aromatic carbocycles. The van der Waals surface area contributed by atoms with E-state index >= 15 is 0 Å². The first-order valence-electron chi connectivity index (χ1n) is 14.0. The maximum atomic E-state index is 5.24. The fourth-order valence-electron chi connectivity index (χ4n) is 3.94. The van der Waals surface area contributed by atoms with E-state index in [1.54, 1.807) is 11.8 Å². The van der Waals surface area contributed by atoms with Crippen molar-refractivity contribution < 1.29 is 0 Å². The first-order valence-corrected chi connectivity index (χ1v) is 15.3. The summed E-state index contributed by atoms with van der Waals surface area (Å²) in [6, 6.07) is 50.9. The number of nitrogens with zero attached hydrogens (tertiary/aromatic N) is 2. The van der Waals surface area contributed by atoms with Crippen molar-refractivity contribution >= 4 is 52.3 Å². The van der Waals surface area contributed by atoms with Gasteiger partial charge in [0.15, 0.2) is 0 Å². The topological polar surface area (TPSA) is 27.6 Å². The number of para-hydroxylation sites is 2. The molecule has 0 aliphatic carbocycles. The van der Waals surface area contributed by atoms with Crippen molar-refractivity contribution in [1.82, 2.24) is 4.90 Å². The van der Waals surface area contributed by atoms with E-state index in [1.165, 1.54) is 10.5 Å². The molecule has 0 saturated heterocycles. The molecule has 214 valence electrons. The van der Waals surface area contributed by atoms with Gasteiger partial charge in [-0.2, -0.15) is 0 Å². The van der Waals surface area contributed by atoms with Gasteiger partial charge < -0.3 is 10.2 Å². The number of nitrogens with one attached hydrogen (secondary N) is 1. The molecular formula is C38H35N3S2. The summed E-state index contributed by atoms with van der Waals surface area (Å²) < 4.78 is 0. The molecular weight excluding hydrogens is 563 g/mol. The third-order valence-electron chi connectivity index (χ3n) is 6.09. The van der Waals surface area contributed by atoms with Gasteiger partial charge in [-0.05, 0) is 65.1 Å². The Hall–Kier alpha value is -4.71. The van der Waals surface area contributed by atoms with Crippen LogP contribution in [-0.4, -0.2) is 22.8 Å². The molecule has 0 aliphatic rings. The predicted octanol–water partition coefficient (Wildman–Crippen LogP) is 10.3. The monoisotopic (exact) mass is 597 g/mol. The normalized spacial score (nSPS) is 11.1. The molecule has 5 rings (SSSR count). The maximum absolute atomic E-state index is 5.24. The van der Waals surface area contributed by atoms with E-state index in [-0.39, 0.29) is 0 Å². The molecule has 0 bridgehead atoms. The van der Waals surface area contributed by atoms with Crippen molar-refractivity contribution in [3.05, 3.63) is 180 Å². The number of aliphatic imine (C=N–C) groups is 1. The number of likely N-dealkylation sites (N-methyl/N-ethyl adjacent to an activating group) is 1. The number of hydrogen-bond donors (Lipinski definition) is 1. The standard InChI is InChI=1S/C23H22N2S.C15H13NS/c1-25(19-20-11-5-2-6-12-20)23(24-21-13-7-3-8-14-21)17-18-26-22-15-9-4-10-16-22;17-15(16-14-9-5-2-6-10-14)12-11-13-7-3-1-4-8-13/h2-18H,19H2,1H3;1-12H,(H,16,17)/b18-17+,24-23+;12-11-. The maximum Gasteiger partial charge on any atom is 0.129 e. The van der Waals surface area contributed by atoms with E-state index in [0.717, 1.165) is 29.3 Å². The number of thiocarbonyl (C=S) groups is 1. The van der Waals surface area contributed by atoms with Gasteiger partial charge in [0.05, 0.1) is 5.69 Å². The Bertz CT molecular complexity index is 1590. The average Bonchev–Trinajstić information content (AvgIpc) is 3.06. The van der Waals surface area contributed by atoms with Crippen LogP contribution in [0, 0.1) is 0 Å². The highest BCUT2D eigenvalue weighted by Gasteiger charge is 2.05. The molecule has 0 heterocycles. The summed E-state index contributed by atoms with van der Waals surface area (Å²) in [5, 5.41) is 5.25.